The Morgan fingerprint density at radius 3 is 2.14 bits per heavy atom. The molecule has 0 bridgehead atoms. The Morgan fingerprint density at radius 2 is 1.52 bits per heavy atom. The van der Waals surface area contributed by atoms with Gasteiger partial charge in [-0.2, -0.15) is 0 Å². The lowest BCUT2D eigenvalue weighted by Gasteiger charge is -2.28. The topological polar surface area (TPSA) is 9.23 Å². The third kappa shape index (κ3) is 6.85. The SMILES string of the molecule is C/C=C/C[C@H]1CC[C@H](c2ccc(-c3ccc(COCCCCC)cc3)cc2)CC1. The summed E-state index contributed by atoms with van der Waals surface area (Å²) in [5.41, 5.74) is 5.39. The van der Waals surface area contributed by atoms with E-state index in [1.807, 2.05) is 0 Å². The van der Waals surface area contributed by atoms with Gasteiger partial charge >= 0.3 is 0 Å². The maximum atomic E-state index is 5.78. The number of rotatable bonds is 10. The second-order valence-corrected chi connectivity index (χ2v) is 8.60. The van der Waals surface area contributed by atoms with Gasteiger partial charge in [-0.15, -0.1) is 0 Å². The van der Waals surface area contributed by atoms with Gasteiger partial charge in [-0.1, -0.05) is 80.4 Å². The zero-order valence-corrected chi connectivity index (χ0v) is 18.4. The molecule has 1 aliphatic rings. The summed E-state index contributed by atoms with van der Waals surface area (Å²) in [5, 5.41) is 0. The molecule has 0 N–H and O–H groups in total. The number of hydrogen-bond acceptors (Lipinski definition) is 1. The molecule has 1 fully saturated rings. The molecule has 2 aromatic carbocycles. The first-order valence-corrected chi connectivity index (χ1v) is 11.7. The van der Waals surface area contributed by atoms with Gasteiger partial charge in [0.25, 0.3) is 0 Å². The molecule has 0 aromatic heterocycles. The van der Waals surface area contributed by atoms with E-state index in [1.54, 1.807) is 0 Å². The van der Waals surface area contributed by atoms with Crippen molar-refractivity contribution in [3.63, 3.8) is 0 Å². The molecular formula is C28H38O. The maximum absolute atomic E-state index is 5.78. The molecule has 3 rings (SSSR count). The van der Waals surface area contributed by atoms with Crippen molar-refractivity contribution in [2.75, 3.05) is 6.61 Å². The van der Waals surface area contributed by atoms with Crippen molar-refractivity contribution in [2.45, 2.75) is 77.7 Å². The van der Waals surface area contributed by atoms with E-state index in [0.717, 1.165) is 25.0 Å². The summed E-state index contributed by atoms with van der Waals surface area (Å²) < 4.78 is 5.78. The average Bonchev–Trinajstić information content (AvgIpc) is 2.78. The van der Waals surface area contributed by atoms with Gasteiger partial charge in [-0.3, -0.25) is 0 Å². The van der Waals surface area contributed by atoms with Gasteiger partial charge in [0.1, 0.15) is 0 Å². The van der Waals surface area contributed by atoms with Crippen LogP contribution < -0.4 is 0 Å². The van der Waals surface area contributed by atoms with Crippen molar-refractivity contribution in [1.29, 1.82) is 0 Å². The fourth-order valence-electron chi connectivity index (χ4n) is 4.45. The van der Waals surface area contributed by atoms with Crippen LogP contribution in [0.3, 0.4) is 0 Å². The molecule has 1 heteroatoms. The standard InChI is InChI=1S/C28H38O/c1-3-5-7-21-29-22-24-11-15-26(16-12-24)28-19-17-27(18-20-28)25-13-9-23(10-14-25)8-6-4-2/h4,6,11-12,15-20,23,25H,3,5,7-10,13-14,21-22H2,1-2H3/b6-4+/t23-,25-. The first-order chi connectivity index (χ1) is 14.3. The first kappa shape index (κ1) is 21.8. The molecule has 1 aliphatic carbocycles. The van der Waals surface area contributed by atoms with Crippen LogP contribution in [0.15, 0.2) is 60.7 Å². The summed E-state index contributed by atoms with van der Waals surface area (Å²) in [5.74, 6) is 1.65. The monoisotopic (exact) mass is 390 g/mol. The molecular weight excluding hydrogens is 352 g/mol. The van der Waals surface area contributed by atoms with Crippen LogP contribution in [0.25, 0.3) is 11.1 Å². The van der Waals surface area contributed by atoms with Gasteiger partial charge in [-0.25, -0.2) is 0 Å². The van der Waals surface area contributed by atoms with E-state index in [1.165, 1.54) is 73.6 Å². The molecule has 0 saturated heterocycles. The van der Waals surface area contributed by atoms with Crippen molar-refractivity contribution in [1.82, 2.24) is 0 Å². The predicted octanol–water partition coefficient (Wildman–Crippen LogP) is 8.30. The fraction of sp³-hybridized carbons (Fsp3) is 0.500. The average molecular weight is 391 g/mol. The van der Waals surface area contributed by atoms with Crippen molar-refractivity contribution in [2.24, 2.45) is 5.92 Å². The van der Waals surface area contributed by atoms with Crippen LogP contribution in [-0.4, -0.2) is 6.61 Å². The molecule has 0 unspecified atom stereocenters. The van der Waals surface area contributed by atoms with Gasteiger partial charge < -0.3 is 4.74 Å². The van der Waals surface area contributed by atoms with Crippen LogP contribution >= 0.6 is 0 Å². The van der Waals surface area contributed by atoms with Crippen molar-refractivity contribution >= 4 is 0 Å². The molecule has 1 nitrogen and oxygen atoms in total. The Labute approximate surface area is 178 Å². The van der Waals surface area contributed by atoms with Crippen LogP contribution in [0.2, 0.25) is 0 Å². The van der Waals surface area contributed by atoms with E-state index >= 15 is 0 Å². The largest absolute Gasteiger partial charge is 0.377 e. The zero-order chi connectivity index (χ0) is 20.3. The van der Waals surface area contributed by atoms with E-state index in [9.17, 15) is 0 Å². The van der Waals surface area contributed by atoms with Crippen LogP contribution in [0.4, 0.5) is 0 Å². The highest BCUT2D eigenvalue weighted by Crippen LogP contribution is 2.37. The number of hydrogen-bond donors (Lipinski definition) is 0. The number of benzene rings is 2. The summed E-state index contributed by atoms with van der Waals surface area (Å²) >= 11 is 0. The van der Waals surface area contributed by atoms with Gasteiger partial charge in [0, 0.05) is 6.61 Å². The Morgan fingerprint density at radius 1 is 0.862 bits per heavy atom. The summed E-state index contributed by atoms with van der Waals surface area (Å²) in [6.45, 7) is 5.94. The Bertz CT molecular complexity index is 718. The van der Waals surface area contributed by atoms with Crippen LogP contribution in [-0.2, 0) is 11.3 Å². The molecule has 0 aliphatic heterocycles. The minimum absolute atomic E-state index is 0.722. The highest BCUT2D eigenvalue weighted by molar-refractivity contribution is 5.64. The first-order valence-electron chi connectivity index (χ1n) is 11.7. The van der Waals surface area contributed by atoms with Crippen molar-refractivity contribution < 1.29 is 4.74 Å². The fourth-order valence-corrected chi connectivity index (χ4v) is 4.45. The van der Waals surface area contributed by atoms with E-state index < -0.39 is 0 Å². The zero-order valence-electron chi connectivity index (χ0n) is 18.4. The van der Waals surface area contributed by atoms with Gasteiger partial charge in [-0.05, 0) is 79.5 Å². The smallest absolute Gasteiger partial charge is 0.0716 e. The molecule has 0 radical (unpaired) electrons. The highest BCUT2D eigenvalue weighted by Gasteiger charge is 2.21. The minimum Gasteiger partial charge on any atom is -0.377 e. The lowest BCUT2D eigenvalue weighted by molar-refractivity contribution is 0.117. The summed E-state index contributed by atoms with van der Waals surface area (Å²) in [4.78, 5) is 0. The molecule has 0 amide bonds. The maximum Gasteiger partial charge on any atom is 0.0716 e. The quantitative estimate of drug-likeness (QED) is 0.293. The number of ether oxygens (including phenoxy) is 1. The molecule has 29 heavy (non-hydrogen) atoms. The van der Waals surface area contributed by atoms with Crippen LogP contribution in [0.1, 0.15) is 82.3 Å². The second kappa shape index (κ2) is 12.0. The van der Waals surface area contributed by atoms with Crippen LogP contribution in [0.5, 0.6) is 0 Å². The molecule has 156 valence electrons. The third-order valence-electron chi connectivity index (χ3n) is 6.38. The predicted molar refractivity (Wildman–Crippen MR) is 125 cm³/mol. The normalized spacial score (nSPS) is 19.7. The van der Waals surface area contributed by atoms with E-state index in [0.29, 0.717) is 0 Å². The Kier molecular flexibility index (Phi) is 9.02. The van der Waals surface area contributed by atoms with E-state index in [-0.39, 0.29) is 0 Å². The molecule has 0 spiro atoms. The van der Waals surface area contributed by atoms with Gasteiger partial charge in [0.2, 0.25) is 0 Å². The Hall–Kier alpha value is -1.86. The third-order valence-corrected chi connectivity index (χ3v) is 6.38. The second-order valence-electron chi connectivity index (χ2n) is 8.60. The lowest BCUT2D eigenvalue weighted by atomic mass is 9.77. The molecule has 0 atom stereocenters. The summed E-state index contributed by atoms with van der Waals surface area (Å²) in [6, 6.07) is 18.2. The molecule has 1 saturated carbocycles. The van der Waals surface area contributed by atoms with Crippen LogP contribution in [0, 0.1) is 5.92 Å². The number of allylic oxidation sites excluding steroid dienone is 2. The summed E-state index contributed by atoms with van der Waals surface area (Å²) in [6.07, 6.45) is 14.9. The van der Waals surface area contributed by atoms with E-state index in [2.05, 4.69) is 74.5 Å². The Balaban J connectivity index is 1.50. The molecule has 2 aromatic rings. The van der Waals surface area contributed by atoms with Gasteiger partial charge in [0.05, 0.1) is 6.61 Å². The number of unbranched alkanes of at least 4 members (excludes halogenated alkanes) is 2. The molecule has 0 heterocycles. The minimum atomic E-state index is 0.722. The summed E-state index contributed by atoms with van der Waals surface area (Å²) in [7, 11) is 0. The highest BCUT2D eigenvalue weighted by atomic mass is 16.5. The van der Waals surface area contributed by atoms with Gasteiger partial charge in [0.15, 0.2) is 0 Å². The van der Waals surface area contributed by atoms with Crippen molar-refractivity contribution in [3.05, 3.63) is 71.8 Å². The lowest BCUT2D eigenvalue weighted by Crippen LogP contribution is -2.12. The van der Waals surface area contributed by atoms with E-state index in [4.69, 9.17) is 4.74 Å². The van der Waals surface area contributed by atoms with Crippen molar-refractivity contribution in [3.8, 4) is 11.1 Å².